The first-order valence-electron chi connectivity index (χ1n) is 11.1. The Morgan fingerprint density at radius 1 is 1.15 bits per heavy atom. The molecule has 9 heteroatoms. The summed E-state index contributed by atoms with van der Waals surface area (Å²) in [6, 6.07) is 12.2. The molecule has 1 aromatic carbocycles. The van der Waals surface area contributed by atoms with Crippen molar-refractivity contribution in [3.8, 4) is 5.75 Å². The predicted octanol–water partition coefficient (Wildman–Crippen LogP) is 3.10. The van der Waals surface area contributed by atoms with Crippen LogP contribution in [0.15, 0.2) is 59.7 Å². The molecule has 0 saturated carbocycles. The van der Waals surface area contributed by atoms with Gasteiger partial charge in [0.15, 0.2) is 5.78 Å². The number of nitrogens with zero attached hydrogens (tertiary/aromatic N) is 4. The maximum atomic E-state index is 12.7. The number of ketones is 1. The molecule has 3 heterocycles. The van der Waals surface area contributed by atoms with E-state index in [1.807, 2.05) is 19.1 Å². The number of Topliss-reactive ketones (excluding diaryl/α,β-unsaturated/α-hetero) is 1. The number of aromatic nitrogens is 3. The van der Waals surface area contributed by atoms with Gasteiger partial charge in [-0.2, -0.15) is 5.10 Å². The summed E-state index contributed by atoms with van der Waals surface area (Å²) in [6.07, 6.45) is 4.44. The predicted molar refractivity (Wildman–Crippen MR) is 128 cm³/mol. The van der Waals surface area contributed by atoms with Crippen molar-refractivity contribution in [2.24, 2.45) is 0 Å². The molecule has 0 atom stereocenters. The molecule has 0 radical (unpaired) electrons. The normalized spacial score (nSPS) is 15.7. The Labute approximate surface area is 202 Å². The van der Waals surface area contributed by atoms with Gasteiger partial charge in [-0.3, -0.25) is 19.5 Å². The van der Waals surface area contributed by atoms with Crippen LogP contribution >= 0.6 is 11.6 Å². The van der Waals surface area contributed by atoms with Crippen molar-refractivity contribution in [2.45, 2.75) is 45.1 Å². The third-order valence-electron chi connectivity index (χ3n) is 5.93. The lowest BCUT2D eigenvalue weighted by atomic mass is 9.93. The van der Waals surface area contributed by atoms with Crippen molar-refractivity contribution >= 4 is 17.4 Å². The van der Waals surface area contributed by atoms with Gasteiger partial charge < -0.3 is 9.84 Å². The molecular weight excluding hydrogens is 456 g/mol. The minimum absolute atomic E-state index is 0.154. The standard InChI is InChI=1S/C25H27ClN4O4/c1-25(33)8-10-29(11-9-25)15-18-2-4-19(5-3-18)23(31)16-30-24(32)12-22(14-28-30)34-17-21-7-6-20(26)13-27-21/h2-7,12-14,33H,8-11,15-17H2,1H3. The summed E-state index contributed by atoms with van der Waals surface area (Å²) in [5.74, 6) is 0.100. The van der Waals surface area contributed by atoms with Crippen molar-refractivity contribution in [3.63, 3.8) is 0 Å². The molecule has 0 spiro atoms. The minimum atomic E-state index is -0.572. The lowest BCUT2D eigenvalue weighted by Crippen LogP contribution is -2.41. The van der Waals surface area contributed by atoms with Gasteiger partial charge in [0.25, 0.3) is 5.56 Å². The molecule has 34 heavy (non-hydrogen) atoms. The van der Waals surface area contributed by atoms with E-state index in [1.54, 1.807) is 24.3 Å². The van der Waals surface area contributed by atoms with Gasteiger partial charge in [0.2, 0.25) is 0 Å². The second-order valence-corrected chi connectivity index (χ2v) is 9.27. The first-order valence-corrected chi connectivity index (χ1v) is 11.5. The van der Waals surface area contributed by atoms with Crippen molar-refractivity contribution in [2.75, 3.05) is 13.1 Å². The maximum absolute atomic E-state index is 12.7. The van der Waals surface area contributed by atoms with Gasteiger partial charge in [-0.25, -0.2) is 4.68 Å². The number of hydrogen-bond donors (Lipinski definition) is 1. The van der Waals surface area contributed by atoms with Crippen molar-refractivity contribution < 1.29 is 14.6 Å². The summed E-state index contributed by atoms with van der Waals surface area (Å²) in [7, 11) is 0. The highest BCUT2D eigenvalue weighted by Gasteiger charge is 2.27. The summed E-state index contributed by atoms with van der Waals surface area (Å²) in [4.78, 5) is 31.5. The first kappa shape index (κ1) is 24.1. The maximum Gasteiger partial charge on any atom is 0.270 e. The molecule has 178 valence electrons. The number of aliphatic hydroxyl groups is 1. The lowest BCUT2D eigenvalue weighted by Gasteiger charge is -2.35. The average Bonchev–Trinajstić information content (AvgIpc) is 2.82. The Kier molecular flexibility index (Phi) is 7.41. The van der Waals surface area contributed by atoms with Crippen LogP contribution in [0.3, 0.4) is 0 Å². The first-order chi connectivity index (χ1) is 16.3. The fourth-order valence-electron chi connectivity index (χ4n) is 3.74. The zero-order valence-corrected chi connectivity index (χ0v) is 19.7. The zero-order chi connectivity index (χ0) is 24.1. The molecule has 3 aromatic rings. The second kappa shape index (κ2) is 10.5. The summed E-state index contributed by atoms with van der Waals surface area (Å²) >= 11 is 5.81. The van der Waals surface area contributed by atoms with E-state index < -0.39 is 11.2 Å². The zero-order valence-electron chi connectivity index (χ0n) is 19.0. The number of rotatable bonds is 8. The number of halogens is 1. The topological polar surface area (TPSA) is 97.6 Å². The Hall–Kier alpha value is -3.07. The van der Waals surface area contributed by atoms with Crippen molar-refractivity contribution in [1.29, 1.82) is 0 Å². The van der Waals surface area contributed by atoms with Crippen LogP contribution in [0.2, 0.25) is 5.02 Å². The summed E-state index contributed by atoms with van der Waals surface area (Å²) in [5.41, 5.74) is 1.29. The van der Waals surface area contributed by atoms with Crippen LogP contribution in [0, 0.1) is 0 Å². The summed E-state index contributed by atoms with van der Waals surface area (Å²) in [6.45, 7) is 4.36. The van der Waals surface area contributed by atoms with E-state index in [0.717, 1.165) is 42.7 Å². The third kappa shape index (κ3) is 6.50. The van der Waals surface area contributed by atoms with Crippen LogP contribution in [0.4, 0.5) is 0 Å². The quantitative estimate of drug-likeness (QED) is 0.492. The van der Waals surface area contributed by atoms with Crippen molar-refractivity contribution in [3.05, 3.63) is 87.1 Å². The number of ether oxygens (including phenoxy) is 1. The van der Waals surface area contributed by atoms with Crippen LogP contribution in [0.5, 0.6) is 5.75 Å². The summed E-state index contributed by atoms with van der Waals surface area (Å²) < 4.78 is 6.67. The van der Waals surface area contributed by atoms with Gasteiger partial charge in [0.05, 0.1) is 22.5 Å². The van der Waals surface area contributed by atoms with Gasteiger partial charge in [0, 0.05) is 37.5 Å². The Morgan fingerprint density at radius 2 is 1.88 bits per heavy atom. The highest BCUT2D eigenvalue weighted by atomic mass is 35.5. The number of pyridine rings is 1. The van der Waals surface area contributed by atoms with Gasteiger partial charge in [-0.15, -0.1) is 0 Å². The number of benzene rings is 1. The Morgan fingerprint density at radius 3 is 2.53 bits per heavy atom. The van der Waals surface area contributed by atoms with E-state index in [-0.39, 0.29) is 18.9 Å². The minimum Gasteiger partial charge on any atom is -0.485 e. The average molecular weight is 483 g/mol. The van der Waals surface area contributed by atoms with Crippen LogP contribution in [-0.4, -0.2) is 49.2 Å². The van der Waals surface area contributed by atoms with E-state index in [0.29, 0.717) is 22.0 Å². The monoisotopic (exact) mass is 482 g/mol. The highest BCUT2D eigenvalue weighted by molar-refractivity contribution is 6.30. The second-order valence-electron chi connectivity index (χ2n) is 8.84. The number of carbonyl (C=O) groups excluding carboxylic acids is 1. The SMILES string of the molecule is CC1(O)CCN(Cc2ccc(C(=O)Cn3ncc(OCc4ccc(Cl)cn4)cc3=O)cc2)CC1. The molecule has 1 N–H and O–H groups in total. The largest absolute Gasteiger partial charge is 0.485 e. The van der Waals surface area contributed by atoms with Gasteiger partial charge in [-0.05, 0) is 37.5 Å². The van der Waals surface area contributed by atoms with Crippen LogP contribution in [0.25, 0.3) is 0 Å². The van der Waals surface area contributed by atoms with Gasteiger partial charge >= 0.3 is 0 Å². The van der Waals surface area contributed by atoms with E-state index in [4.69, 9.17) is 16.3 Å². The number of piperidine rings is 1. The van der Waals surface area contributed by atoms with Crippen LogP contribution < -0.4 is 10.3 Å². The molecule has 1 aliphatic heterocycles. The number of carbonyl (C=O) groups is 1. The molecule has 0 unspecified atom stereocenters. The van der Waals surface area contributed by atoms with E-state index in [2.05, 4.69) is 15.0 Å². The highest BCUT2D eigenvalue weighted by Crippen LogP contribution is 2.22. The van der Waals surface area contributed by atoms with Gasteiger partial charge in [-0.1, -0.05) is 35.9 Å². The molecule has 8 nitrogen and oxygen atoms in total. The summed E-state index contributed by atoms with van der Waals surface area (Å²) in [5, 5.41) is 14.7. The molecule has 1 fully saturated rings. The van der Waals surface area contributed by atoms with E-state index >= 15 is 0 Å². The number of hydrogen-bond acceptors (Lipinski definition) is 7. The smallest absolute Gasteiger partial charge is 0.270 e. The molecule has 4 rings (SSSR count). The van der Waals surface area contributed by atoms with Crippen LogP contribution in [0.1, 0.15) is 41.4 Å². The van der Waals surface area contributed by atoms with Crippen molar-refractivity contribution in [1.82, 2.24) is 19.7 Å². The lowest BCUT2D eigenvalue weighted by molar-refractivity contribution is -0.00730. The number of likely N-dealkylation sites (tertiary alicyclic amines) is 1. The fourth-order valence-corrected chi connectivity index (χ4v) is 3.85. The fraction of sp³-hybridized carbons (Fsp3) is 0.360. The molecule has 0 bridgehead atoms. The van der Waals surface area contributed by atoms with E-state index in [1.165, 1.54) is 18.5 Å². The Bertz CT molecular complexity index is 1180. The van der Waals surface area contributed by atoms with E-state index in [9.17, 15) is 14.7 Å². The Balaban J connectivity index is 1.31. The molecular formula is C25H27ClN4O4. The molecule has 2 aromatic heterocycles. The molecule has 0 aliphatic carbocycles. The van der Waals surface area contributed by atoms with Gasteiger partial charge in [0.1, 0.15) is 18.9 Å². The molecule has 1 saturated heterocycles. The molecule has 0 amide bonds. The van der Waals surface area contributed by atoms with Crippen LogP contribution in [-0.2, 0) is 19.7 Å². The molecule has 1 aliphatic rings. The third-order valence-corrected chi connectivity index (χ3v) is 6.15.